The maximum Gasteiger partial charge on any atom is 0.118 e. The summed E-state index contributed by atoms with van der Waals surface area (Å²) in [5.41, 5.74) is 1.77. The molecular formula is C14H13IO2. The molecule has 0 aliphatic heterocycles. The summed E-state index contributed by atoms with van der Waals surface area (Å²) in [7, 11) is 1.63. The standard InChI is InChI=1S/C14H13IO2/c1-17-13-7-5-10(6-8-13)14(16)11-3-2-4-12(15)9-11/h2-9,14,16H,1H3. The van der Waals surface area contributed by atoms with Crippen molar-refractivity contribution >= 4 is 22.6 Å². The molecule has 0 aliphatic carbocycles. The molecule has 0 spiro atoms. The molecule has 1 N–H and O–H groups in total. The first-order valence-corrected chi connectivity index (χ1v) is 6.36. The fraction of sp³-hybridized carbons (Fsp3) is 0.143. The summed E-state index contributed by atoms with van der Waals surface area (Å²) in [6.07, 6.45) is -0.587. The van der Waals surface area contributed by atoms with Crippen molar-refractivity contribution in [1.29, 1.82) is 0 Å². The van der Waals surface area contributed by atoms with Gasteiger partial charge >= 0.3 is 0 Å². The lowest BCUT2D eigenvalue weighted by Crippen LogP contribution is -1.99. The molecule has 0 amide bonds. The predicted octanol–water partition coefficient (Wildman–Crippen LogP) is 3.38. The molecule has 2 rings (SSSR count). The highest BCUT2D eigenvalue weighted by atomic mass is 127. The second kappa shape index (κ2) is 5.51. The van der Waals surface area contributed by atoms with Crippen molar-refractivity contribution in [3.8, 4) is 5.75 Å². The zero-order chi connectivity index (χ0) is 12.3. The smallest absolute Gasteiger partial charge is 0.118 e. The van der Waals surface area contributed by atoms with E-state index in [0.717, 1.165) is 20.4 Å². The van der Waals surface area contributed by atoms with Crippen molar-refractivity contribution in [1.82, 2.24) is 0 Å². The number of aliphatic hydroxyl groups is 1. The Kier molecular flexibility index (Phi) is 4.02. The first-order chi connectivity index (χ1) is 8.20. The normalized spacial score (nSPS) is 12.2. The molecule has 1 atom stereocenters. The van der Waals surface area contributed by atoms with Gasteiger partial charge in [0.15, 0.2) is 0 Å². The third-order valence-corrected chi connectivity index (χ3v) is 3.27. The monoisotopic (exact) mass is 340 g/mol. The largest absolute Gasteiger partial charge is 0.497 e. The van der Waals surface area contributed by atoms with Crippen LogP contribution in [-0.2, 0) is 0 Å². The second-order valence-electron chi connectivity index (χ2n) is 3.73. The molecule has 17 heavy (non-hydrogen) atoms. The third kappa shape index (κ3) is 2.98. The number of aliphatic hydroxyl groups excluding tert-OH is 1. The van der Waals surface area contributed by atoms with Crippen LogP contribution in [0.3, 0.4) is 0 Å². The molecule has 88 valence electrons. The van der Waals surface area contributed by atoms with Crippen LogP contribution in [0.25, 0.3) is 0 Å². The van der Waals surface area contributed by atoms with Gasteiger partial charge in [0, 0.05) is 3.57 Å². The van der Waals surface area contributed by atoms with Gasteiger partial charge in [-0.3, -0.25) is 0 Å². The molecule has 1 unspecified atom stereocenters. The van der Waals surface area contributed by atoms with Crippen LogP contribution in [0.1, 0.15) is 17.2 Å². The topological polar surface area (TPSA) is 29.5 Å². The molecule has 0 aromatic heterocycles. The molecule has 0 radical (unpaired) electrons. The van der Waals surface area contributed by atoms with Crippen molar-refractivity contribution in [2.45, 2.75) is 6.10 Å². The summed E-state index contributed by atoms with van der Waals surface area (Å²) in [6, 6.07) is 15.3. The van der Waals surface area contributed by atoms with Gasteiger partial charge in [-0.15, -0.1) is 0 Å². The van der Waals surface area contributed by atoms with Gasteiger partial charge in [-0.2, -0.15) is 0 Å². The Labute approximate surface area is 114 Å². The van der Waals surface area contributed by atoms with E-state index in [4.69, 9.17) is 4.74 Å². The van der Waals surface area contributed by atoms with Gasteiger partial charge in [-0.25, -0.2) is 0 Å². The number of benzene rings is 2. The minimum Gasteiger partial charge on any atom is -0.497 e. The number of halogens is 1. The molecule has 0 fully saturated rings. The van der Waals surface area contributed by atoms with Gasteiger partial charge in [0.05, 0.1) is 7.11 Å². The van der Waals surface area contributed by atoms with Crippen molar-refractivity contribution in [3.63, 3.8) is 0 Å². The van der Waals surface area contributed by atoms with E-state index in [0.29, 0.717) is 0 Å². The Hall–Kier alpha value is -1.07. The van der Waals surface area contributed by atoms with E-state index in [-0.39, 0.29) is 0 Å². The summed E-state index contributed by atoms with van der Waals surface area (Å²) >= 11 is 2.24. The number of rotatable bonds is 3. The fourth-order valence-corrected chi connectivity index (χ4v) is 2.22. The van der Waals surface area contributed by atoms with E-state index < -0.39 is 6.10 Å². The summed E-state index contributed by atoms with van der Waals surface area (Å²) in [4.78, 5) is 0. The van der Waals surface area contributed by atoms with Crippen LogP contribution in [0.5, 0.6) is 5.75 Å². The minimum atomic E-state index is -0.587. The fourth-order valence-electron chi connectivity index (χ4n) is 1.66. The number of ether oxygens (including phenoxy) is 1. The van der Waals surface area contributed by atoms with Crippen LogP contribution >= 0.6 is 22.6 Å². The quantitative estimate of drug-likeness (QED) is 0.868. The van der Waals surface area contributed by atoms with Crippen LogP contribution in [0, 0.1) is 3.57 Å². The molecule has 0 saturated carbocycles. The molecule has 2 nitrogen and oxygen atoms in total. The number of hydrogen-bond acceptors (Lipinski definition) is 2. The van der Waals surface area contributed by atoms with E-state index in [1.54, 1.807) is 7.11 Å². The number of hydrogen-bond donors (Lipinski definition) is 1. The van der Waals surface area contributed by atoms with Gasteiger partial charge < -0.3 is 9.84 Å². The SMILES string of the molecule is COc1ccc(C(O)c2cccc(I)c2)cc1. The summed E-state index contributed by atoms with van der Waals surface area (Å²) in [5.74, 6) is 0.795. The summed E-state index contributed by atoms with van der Waals surface area (Å²) < 4.78 is 6.21. The van der Waals surface area contributed by atoms with Crippen LogP contribution in [0.4, 0.5) is 0 Å². The van der Waals surface area contributed by atoms with Gasteiger partial charge in [0.25, 0.3) is 0 Å². The lowest BCUT2D eigenvalue weighted by atomic mass is 10.0. The Morgan fingerprint density at radius 2 is 1.76 bits per heavy atom. The highest BCUT2D eigenvalue weighted by Crippen LogP contribution is 2.24. The van der Waals surface area contributed by atoms with Crippen LogP contribution in [0.15, 0.2) is 48.5 Å². The molecule has 0 saturated heterocycles. The maximum absolute atomic E-state index is 10.2. The Morgan fingerprint density at radius 3 is 2.35 bits per heavy atom. The molecule has 0 aliphatic rings. The van der Waals surface area contributed by atoms with Gasteiger partial charge in [-0.1, -0.05) is 24.3 Å². The Morgan fingerprint density at radius 1 is 1.06 bits per heavy atom. The lowest BCUT2D eigenvalue weighted by Gasteiger charge is -2.12. The molecule has 0 heterocycles. The van der Waals surface area contributed by atoms with Crippen LogP contribution in [-0.4, -0.2) is 12.2 Å². The highest BCUT2D eigenvalue weighted by molar-refractivity contribution is 14.1. The van der Waals surface area contributed by atoms with Gasteiger partial charge in [0.1, 0.15) is 11.9 Å². The average Bonchev–Trinajstić information content (AvgIpc) is 2.38. The molecular weight excluding hydrogens is 327 g/mol. The van der Waals surface area contributed by atoms with E-state index in [1.165, 1.54) is 0 Å². The first-order valence-electron chi connectivity index (χ1n) is 5.28. The van der Waals surface area contributed by atoms with E-state index in [9.17, 15) is 5.11 Å². The van der Waals surface area contributed by atoms with Gasteiger partial charge in [-0.05, 0) is 58.0 Å². The van der Waals surface area contributed by atoms with Crippen molar-refractivity contribution < 1.29 is 9.84 Å². The molecule has 0 bridgehead atoms. The zero-order valence-electron chi connectivity index (χ0n) is 9.43. The Balaban J connectivity index is 2.27. The van der Waals surface area contributed by atoms with Gasteiger partial charge in [0.2, 0.25) is 0 Å². The number of methoxy groups -OCH3 is 1. The van der Waals surface area contributed by atoms with E-state index in [1.807, 2.05) is 48.5 Å². The highest BCUT2D eigenvalue weighted by Gasteiger charge is 2.10. The molecule has 2 aromatic carbocycles. The molecule has 2 aromatic rings. The van der Waals surface area contributed by atoms with E-state index in [2.05, 4.69) is 22.6 Å². The average molecular weight is 340 g/mol. The van der Waals surface area contributed by atoms with Crippen molar-refractivity contribution in [2.75, 3.05) is 7.11 Å². The third-order valence-electron chi connectivity index (χ3n) is 2.60. The summed E-state index contributed by atoms with van der Waals surface area (Å²) in [5, 5.41) is 10.2. The minimum absolute atomic E-state index is 0.587. The van der Waals surface area contributed by atoms with Crippen molar-refractivity contribution in [3.05, 3.63) is 63.2 Å². The molecule has 3 heteroatoms. The first kappa shape index (κ1) is 12.4. The Bertz CT molecular complexity index is 494. The summed E-state index contributed by atoms with van der Waals surface area (Å²) in [6.45, 7) is 0. The van der Waals surface area contributed by atoms with Crippen LogP contribution < -0.4 is 4.74 Å². The lowest BCUT2D eigenvalue weighted by molar-refractivity contribution is 0.220. The second-order valence-corrected chi connectivity index (χ2v) is 4.98. The van der Waals surface area contributed by atoms with Crippen molar-refractivity contribution in [2.24, 2.45) is 0 Å². The maximum atomic E-state index is 10.2. The predicted molar refractivity (Wildman–Crippen MR) is 76.2 cm³/mol. The van der Waals surface area contributed by atoms with Crippen LogP contribution in [0.2, 0.25) is 0 Å². The van der Waals surface area contributed by atoms with E-state index >= 15 is 0 Å². The zero-order valence-corrected chi connectivity index (χ0v) is 11.6.